The van der Waals surface area contributed by atoms with Crippen LogP contribution in [0.25, 0.3) is 10.8 Å². The number of hydrogen-bond acceptors (Lipinski definition) is 3. The van der Waals surface area contributed by atoms with Gasteiger partial charge < -0.3 is 9.84 Å². The Labute approximate surface area is 111 Å². The lowest BCUT2D eigenvalue weighted by Gasteiger charge is -2.06. The van der Waals surface area contributed by atoms with Gasteiger partial charge in [-0.15, -0.1) is 0 Å². The van der Waals surface area contributed by atoms with Crippen molar-refractivity contribution in [3.63, 3.8) is 0 Å². The van der Waals surface area contributed by atoms with Gasteiger partial charge in [-0.05, 0) is 48.0 Å². The maximum absolute atomic E-state index is 9.49. The molecule has 0 bridgehead atoms. The minimum atomic E-state index is 0.248. The summed E-state index contributed by atoms with van der Waals surface area (Å²) in [4.78, 5) is 4.29. The molecule has 1 aromatic heterocycles. The molecule has 3 nitrogen and oxygen atoms in total. The minimum Gasteiger partial charge on any atom is -0.508 e. The van der Waals surface area contributed by atoms with E-state index in [9.17, 15) is 5.11 Å². The molecule has 3 heteroatoms. The van der Waals surface area contributed by atoms with E-state index < -0.39 is 0 Å². The molecule has 19 heavy (non-hydrogen) atoms. The van der Waals surface area contributed by atoms with Crippen LogP contribution < -0.4 is 4.74 Å². The summed E-state index contributed by atoms with van der Waals surface area (Å²) in [5, 5.41) is 11.5. The van der Waals surface area contributed by atoms with Crippen LogP contribution in [0.15, 0.2) is 54.6 Å². The van der Waals surface area contributed by atoms with E-state index >= 15 is 0 Å². The topological polar surface area (TPSA) is 42.4 Å². The lowest BCUT2D eigenvalue weighted by atomic mass is 10.1. The van der Waals surface area contributed by atoms with Gasteiger partial charge in [0, 0.05) is 11.8 Å². The number of rotatable bonds is 2. The molecule has 3 rings (SSSR count). The molecular weight excluding hydrogens is 238 g/mol. The normalized spacial score (nSPS) is 10.6. The molecule has 0 saturated heterocycles. The Hall–Kier alpha value is -2.55. The van der Waals surface area contributed by atoms with E-state index in [1.165, 1.54) is 0 Å². The van der Waals surface area contributed by atoms with Crippen molar-refractivity contribution in [2.45, 2.75) is 6.92 Å². The zero-order chi connectivity index (χ0) is 13.2. The van der Waals surface area contributed by atoms with Gasteiger partial charge >= 0.3 is 0 Å². The van der Waals surface area contributed by atoms with Crippen molar-refractivity contribution in [3.05, 3.63) is 60.3 Å². The minimum absolute atomic E-state index is 0.248. The maximum Gasteiger partial charge on any atom is 0.219 e. The molecule has 94 valence electrons. The molecule has 1 N–H and O–H groups in total. The van der Waals surface area contributed by atoms with Gasteiger partial charge in [-0.2, -0.15) is 0 Å². The van der Waals surface area contributed by atoms with Crippen LogP contribution in [-0.2, 0) is 0 Å². The number of fused-ring (bicyclic) bond motifs is 1. The Kier molecular flexibility index (Phi) is 2.80. The number of aromatic hydroxyl groups is 1. The van der Waals surface area contributed by atoms with Crippen molar-refractivity contribution in [2.24, 2.45) is 0 Å². The molecule has 0 aliphatic carbocycles. The number of phenols is 1. The highest BCUT2D eigenvalue weighted by molar-refractivity contribution is 5.85. The van der Waals surface area contributed by atoms with Crippen molar-refractivity contribution in [2.75, 3.05) is 0 Å². The van der Waals surface area contributed by atoms with Crippen LogP contribution in [0.1, 0.15) is 5.69 Å². The Bertz CT molecular complexity index is 738. The van der Waals surface area contributed by atoms with Crippen molar-refractivity contribution >= 4 is 10.8 Å². The summed E-state index contributed by atoms with van der Waals surface area (Å²) in [6.45, 7) is 1.92. The fraction of sp³-hybridized carbons (Fsp3) is 0.0625. The van der Waals surface area contributed by atoms with Gasteiger partial charge in [0.15, 0.2) is 0 Å². The highest BCUT2D eigenvalue weighted by Gasteiger charge is 2.01. The van der Waals surface area contributed by atoms with Gasteiger partial charge in [0.05, 0.1) is 0 Å². The van der Waals surface area contributed by atoms with Gasteiger partial charge in [0.2, 0.25) is 5.88 Å². The van der Waals surface area contributed by atoms with Crippen LogP contribution in [0.2, 0.25) is 0 Å². The largest absolute Gasteiger partial charge is 0.508 e. The van der Waals surface area contributed by atoms with E-state index in [1.54, 1.807) is 12.1 Å². The Morgan fingerprint density at radius 3 is 2.63 bits per heavy atom. The smallest absolute Gasteiger partial charge is 0.219 e. The van der Waals surface area contributed by atoms with Crippen LogP contribution >= 0.6 is 0 Å². The second kappa shape index (κ2) is 4.61. The van der Waals surface area contributed by atoms with Crippen molar-refractivity contribution in [1.82, 2.24) is 4.98 Å². The summed E-state index contributed by atoms with van der Waals surface area (Å²) >= 11 is 0. The first kappa shape index (κ1) is 11.5. The lowest BCUT2D eigenvalue weighted by molar-refractivity contribution is 0.462. The average Bonchev–Trinajstić information content (AvgIpc) is 2.38. The SMILES string of the molecule is Cc1cccc(Oc2ccc3ccc(O)cc3c2)n1. The summed E-state index contributed by atoms with van der Waals surface area (Å²) in [6, 6.07) is 16.6. The van der Waals surface area contributed by atoms with Gasteiger partial charge in [-0.25, -0.2) is 4.98 Å². The fourth-order valence-corrected chi connectivity index (χ4v) is 1.97. The first-order chi connectivity index (χ1) is 9.20. The van der Waals surface area contributed by atoms with Gasteiger partial charge in [-0.1, -0.05) is 18.2 Å². The highest BCUT2D eigenvalue weighted by Crippen LogP contribution is 2.26. The van der Waals surface area contributed by atoms with Crippen molar-refractivity contribution in [1.29, 1.82) is 0 Å². The number of ether oxygens (including phenoxy) is 1. The number of hydrogen-bond donors (Lipinski definition) is 1. The van der Waals surface area contributed by atoms with Crippen LogP contribution in [-0.4, -0.2) is 10.1 Å². The Morgan fingerprint density at radius 1 is 0.947 bits per heavy atom. The lowest BCUT2D eigenvalue weighted by Crippen LogP contribution is -1.89. The number of benzene rings is 2. The number of phenolic OH excluding ortho intramolecular Hbond substituents is 1. The van der Waals surface area contributed by atoms with Crippen LogP contribution in [0.4, 0.5) is 0 Å². The van der Waals surface area contributed by atoms with E-state index in [4.69, 9.17) is 4.74 Å². The van der Waals surface area contributed by atoms with Crippen LogP contribution in [0.3, 0.4) is 0 Å². The van der Waals surface area contributed by atoms with Gasteiger partial charge in [0.25, 0.3) is 0 Å². The van der Waals surface area contributed by atoms with Crippen LogP contribution in [0, 0.1) is 6.92 Å². The van der Waals surface area contributed by atoms with Gasteiger partial charge in [-0.3, -0.25) is 0 Å². The highest BCUT2D eigenvalue weighted by atomic mass is 16.5. The first-order valence-electron chi connectivity index (χ1n) is 6.05. The molecule has 0 radical (unpaired) electrons. The molecule has 0 saturated carbocycles. The third kappa shape index (κ3) is 2.50. The van der Waals surface area contributed by atoms with E-state index in [0.717, 1.165) is 16.5 Å². The van der Waals surface area contributed by atoms with E-state index in [1.807, 2.05) is 49.4 Å². The molecule has 0 aliphatic rings. The molecule has 0 atom stereocenters. The zero-order valence-electron chi connectivity index (χ0n) is 10.5. The summed E-state index contributed by atoms with van der Waals surface area (Å²) in [7, 11) is 0. The molecule has 0 fully saturated rings. The number of aryl methyl sites for hydroxylation is 1. The number of nitrogens with zero attached hydrogens (tertiary/aromatic N) is 1. The second-order valence-corrected chi connectivity index (χ2v) is 4.41. The molecule has 0 unspecified atom stereocenters. The summed E-state index contributed by atoms with van der Waals surface area (Å²) < 4.78 is 5.71. The van der Waals surface area contributed by atoms with E-state index in [-0.39, 0.29) is 5.75 Å². The molecule has 2 aromatic carbocycles. The second-order valence-electron chi connectivity index (χ2n) is 4.41. The predicted octanol–water partition coefficient (Wildman–Crippen LogP) is 4.04. The standard InChI is InChI=1S/C16H13NO2/c1-11-3-2-4-16(17-11)19-15-8-6-12-5-7-14(18)9-13(12)10-15/h2-10,18H,1H3. The zero-order valence-corrected chi connectivity index (χ0v) is 10.5. The van der Waals surface area contributed by atoms with Crippen molar-refractivity contribution in [3.8, 4) is 17.4 Å². The quantitative estimate of drug-likeness (QED) is 0.747. The van der Waals surface area contributed by atoms with Gasteiger partial charge in [0.1, 0.15) is 11.5 Å². The molecule has 0 amide bonds. The summed E-state index contributed by atoms with van der Waals surface area (Å²) in [5.74, 6) is 1.52. The molecule has 1 heterocycles. The van der Waals surface area contributed by atoms with E-state index in [0.29, 0.717) is 11.6 Å². The third-order valence-corrected chi connectivity index (χ3v) is 2.88. The monoisotopic (exact) mass is 251 g/mol. The molecule has 3 aromatic rings. The fourth-order valence-electron chi connectivity index (χ4n) is 1.97. The summed E-state index contributed by atoms with van der Waals surface area (Å²) in [6.07, 6.45) is 0. The Morgan fingerprint density at radius 2 is 1.79 bits per heavy atom. The number of aromatic nitrogens is 1. The molecule has 0 aliphatic heterocycles. The third-order valence-electron chi connectivity index (χ3n) is 2.88. The van der Waals surface area contributed by atoms with Crippen molar-refractivity contribution < 1.29 is 9.84 Å². The number of pyridine rings is 1. The Balaban J connectivity index is 1.97. The molecule has 0 spiro atoms. The summed E-state index contributed by atoms with van der Waals surface area (Å²) in [5.41, 5.74) is 0.913. The first-order valence-corrected chi connectivity index (χ1v) is 6.05. The average molecular weight is 251 g/mol. The van der Waals surface area contributed by atoms with E-state index in [2.05, 4.69) is 4.98 Å². The maximum atomic E-state index is 9.49. The molecular formula is C16H13NO2. The van der Waals surface area contributed by atoms with Crippen LogP contribution in [0.5, 0.6) is 17.4 Å². The predicted molar refractivity (Wildman–Crippen MR) is 74.7 cm³/mol.